The molecule has 0 saturated heterocycles. The van der Waals surface area contributed by atoms with E-state index >= 15 is 4.39 Å². The number of methoxy groups -OCH3 is 1. The van der Waals surface area contributed by atoms with Crippen molar-refractivity contribution >= 4 is 10.8 Å². The van der Waals surface area contributed by atoms with Crippen molar-refractivity contribution in [1.29, 1.82) is 0 Å². The van der Waals surface area contributed by atoms with Crippen molar-refractivity contribution in [2.45, 2.75) is 25.9 Å². The summed E-state index contributed by atoms with van der Waals surface area (Å²) in [7, 11) is 1.49. The molecule has 4 aromatic carbocycles. The Morgan fingerprint density at radius 3 is 1.95 bits per heavy atom. The van der Waals surface area contributed by atoms with Crippen molar-refractivity contribution in [2.24, 2.45) is 0 Å². The van der Waals surface area contributed by atoms with Crippen LogP contribution in [-0.4, -0.2) is 20.3 Å². The summed E-state index contributed by atoms with van der Waals surface area (Å²) in [5.41, 5.74) is 0.842. The molecule has 9 heteroatoms. The molecule has 0 radical (unpaired) electrons. The summed E-state index contributed by atoms with van der Waals surface area (Å²) >= 11 is 0. The SMILES string of the molecule is COCCc1cc(F)c(-c2ccc3c(F)c(CCc4cc(F)c(OC(F)F)c(F)c4)ccc3c2)c(F)c1. The molecule has 0 aliphatic rings. The van der Waals surface area contributed by atoms with Gasteiger partial charge in [0, 0.05) is 12.5 Å². The van der Waals surface area contributed by atoms with Crippen LogP contribution in [0.3, 0.4) is 0 Å². The average molecular weight is 522 g/mol. The Kier molecular flexibility index (Phi) is 8.02. The van der Waals surface area contributed by atoms with Crippen molar-refractivity contribution in [2.75, 3.05) is 13.7 Å². The molecule has 0 aromatic heterocycles. The van der Waals surface area contributed by atoms with Gasteiger partial charge >= 0.3 is 6.61 Å². The lowest BCUT2D eigenvalue weighted by molar-refractivity contribution is -0.0546. The van der Waals surface area contributed by atoms with Gasteiger partial charge in [-0.3, -0.25) is 0 Å². The highest BCUT2D eigenvalue weighted by Gasteiger charge is 2.18. The number of alkyl halides is 2. The molecule has 2 nitrogen and oxygen atoms in total. The molecule has 0 fully saturated rings. The smallest absolute Gasteiger partial charge is 0.387 e. The maximum Gasteiger partial charge on any atom is 0.387 e. The molecule has 0 N–H and O–H groups in total. The van der Waals surface area contributed by atoms with E-state index in [4.69, 9.17) is 4.74 Å². The molecule has 0 heterocycles. The number of aryl methyl sites for hydroxylation is 2. The van der Waals surface area contributed by atoms with Crippen LogP contribution in [0, 0.1) is 29.1 Å². The summed E-state index contributed by atoms with van der Waals surface area (Å²) in [6.45, 7) is -3.06. The van der Waals surface area contributed by atoms with E-state index in [9.17, 15) is 26.3 Å². The third kappa shape index (κ3) is 5.88. The van der Waals surface area contributed by atoms with Crippen molar-refractivity contribution in [1.82, 2.24) is 0 Å². The third-order valence-corrected chi connectivity index (χ3v) is 5.97. The van der Waals surface area contributed by atoms with Crippen LogP contribution in [0.1, 0.15) is 16.7 Å². The van der Waals surface area contributed by atoms with E-state index < -0.39 is 41.4 Å². The Morgan fingerprint density at radius 2 is 1.32 bits per heavy atom. The first-order chi connectivity index (χ1) is 17.7. The largest absolute Gasteiger partial charge is 0.429 e. The van der Waals surface area contributed by atoms with Gasteiger partial charge in [0.15, 0.2) is 17.4 Å². The number of fused-ring (bicyclic) bond motifs is 1. The first-order valence-corrected chi connectivity index (χ1v) is 11.3. The van der Waals surface area contributed by atoms with E-state index in [1.54, 1.807) is 6.07 Å². The van der Waals surface area contributed by atoms with Crippen LogP contribution >= 0.6 is 0 Å². The minimum absolute atomic E-state index is 0.0230. The molecule has 0 amide bonds. The predicted molar refractivity (Wildman–Crippen MR) is 125 cm³/mol. The second-order valence-corrected chi connectivity index (χ2v) is 8.42. The third-order valence-electron chi connectivity index (χ3n) is 5.97. The highest BCUT2D eigenvalue weighted by molar-refractivity contribution is 5.88. The Labute approximate surface area is 208 Å². The van der Waals surface area contributed by atoms with E-state index in [1.165, 1.54) is 43.5 Å². The molecule has 0 aliphatic carbocycles. The number of benzene rings is 4. The summed E-state index contributed by atoms with van der Waals surface area (Å²) in [5.74, 6) is -5.82. The van der Waals surface area contributed by atoms with Crippen LogP contribution in [0.4, 0.5) is 30.7 Å². The molecule has 0 atom stereocenters. The Hall–Kier alpha value is -3.59. The standard InChI is InChI=1S/C28H21F7O2/c1-36-9-8-16-10-21(29)25(22(30)11-16)19-6-7-20-18(14-19)5-4-17(26(20)33)3-2-15-12-23(31)27(24(32)13-15)37-28(34)35/h4-7,10-14,28H,2-3,8-9H2,1H3. The molecule has 0 spiro atoms. The van der Waals surface area contributed by atoms with Crippen LogP contribution in [0.5, 0.6) is 5.75 Å². The first kappa shape index (κ1) is 26.5. The molecule has 0 unspecified atom stereocenters. The second-order valence-electron chi connectivity index (χ2n) is 8.42. The lowest BCUT2D eigenvalue weighted by atomic mass is 9.96. The second kappa shape index (κ2) is 11.2. The zero-order chi connectivity index (χ0) is 26.7. The van der Waals surface area contributed by atoms with Crippen LogP contribution in [0.2, 0.25) is 0 Å². The zero-order valence-electron chi connectivity index (χ0n) is 19.6. The molecule has 4 aromatic rings. The van der Waals surface area contributed by atoms with Crippen molar-refractivity contribution < 1.29 is 40.2 Å². The van der Waals surface area contributed by atoms with E-state index in [0.29, 0.717) is 24.0 Å². The quantitative estimate of drug-likeness (QED) is 0.209. The van der Waals surface area contributed by atoms with Gasteiger partial charge in [0.05, 0.1) is 12.2 Å². The van der Waals surface area contributed by atoms with Crippen LogP contribution in [0.25, 0.3) is 21.9 Å². The molecule has 0 saturated carbocycles. The lowest BCUT2D eigenvalue weighted by Crippen LogP contribution is -2.06. The van der Waals surface area contributed by atoms with Crippen molar-refractivity contribution in [3.05, 3.63) is 100 Å². The van der Waals surface area contributed by atoms with E-state index in [2.05, 4.69) is 4.74 Å². The van der Waals surface area contributed by atoms with Gasteiger partial charge in [0.1, 0.15) is 17.5 Å². The first-order valence-electron chi connectivity index (χ1n) is 11.3. The number of hydrogen-bond acceptors (Lipinski definition) is 2. The molecular formula is C28H21F7O2. The molecular weight excluding hydrogens is 501 g/mol. The summed E-state index contributed by atoms with van der Waals surface area (Å²) in [6.07, 6.45) is 0.433. The number of ether oxygens (including phenoxy) is 2. The van der Waals surface area contributed by atoms with E-state index in [0.717, 1.165) is 12.1 Å². The van der Waals surface area contributed by atoms with Gasteiger partial charge in [-0.25, -0.2) is 22.0 Å². The molecule has 4 rings (SSSR count). The molecule has 37 heavy (non-hydrogen) atoms. The maximum atomic E-state index is 15.2. The van der Waals surface area contributed by atoms with Crippen LogP contribution in [-0.2, 0) is 24.0 Å². The highest BCUT2D eigenvalue weighted by Crippen LogP contribution is 2.32. The minimum Gasteiger partial charge on any atom is -0.429 e. The lowest BCUT2D eigenvalue weighted by Gasteiger charge is -2.12. The van der Waals surface area contributed by atoms with E-state index in [1.807, 2.05) is 0 Å². The van der Waals surface area contributed by atoms with Crippen molar-refractivity contribution in [3.63, 3.8) is 0 Å². The highest BCUT2D eigenvalue weighted by atomic mass is 19.3. The van der Waals surface area contributed by atoms with Gasteiger partial charge in [-0.05, 0) is 77.2 Å². The summed E-state index contributed by atoms with van der Waals surface area (Å²) in [4.78, 5) is 0. The van der Waals surface area contributed by atoms with Gasteiger partial charge in [0.25, 0.3) is 0 Å². The Balaban J connectivity index is 1.57. The zero-order valence-corrected chi connectivity index (χ0v) is 19.6. The van der Waals surface area contributed by atoms with Crippen LogP contribution in [0.15, 0.2) is 54.6 Å². The van der Waals surface area contributed by atoms with Gasteiger partial charge in [-0.15, -0.1) is 0 Å². The fraction of sp³-hybridized carbons (Fsp3) is 0.214. The monoisotopic (exact) mass is 522 g/mol. The molecule has 0 bridgehead atoms. The fourth-order valence-corrected chi connectivity index (χ4v) is 4.19. The van der Waals surface area contributed by atoms with E-state index in [-0.39, 0.29) is 40.5 Å². The number of halogens is 7. The summed E-state index contributed by atoms with van der Waals surface area (Å²) < 4.78 is 106. The molecule has 0 aliphatic heterocycles. The fourth-order valence-electron chi connectivity index (χ4n) is 4.19. The maximum absolute atomic E-state index is 15.2. The average Bonchev–Trinajstić information content (AvgIpc) is 2.84. The minimum atomic E-state index is -3.38. The van der Waals surface area contributed by atoms with Gasteiger partial charge < -0.3 is 9.47 Å². The van der Waals surface area contributed by atoms with Gasteiger partial charge in [-0.1, -0.05) is 24.3 Å². The van der Waals surface area contributed by atoms with Gasteiger partial charge in [-0.2, -0.15) is 8.78 Å². The van der Waals surface area contributed by atoms with Crippen LogP contribution < -0.4 is 4.74 Å². The Bertz CT molecular complexity index is 1390. The Morgan fingerprint density at radius 1 is 0.703 bits per heavy atom. The molecule has 194 valence electrons. The van der Waals surface area contributed by atoms with Crippen molar-refractivity contribution in [3.8, 4) is 16.9 Å². The normalized spacial score (nSPS) is 11.5. The predicted octanol–water partition coefficient (Wildman–Crippen LogP) is 7.78. The summed E-state index contributed by atoms with van der Waals surface area (Å²) in [5, 5.41) is 0.614. The van der Waals surface area contributed by atoms with Gasteiger partial charge in [0.2, 0.25) is 0 Å². The summed E-state index contributed by atoms with van der Waals surface area (Å²) in [6, 6.07) is 11.6. The number of rotatable bonds is 9. The topological polar surface area (TPSA) is 18.5 Å². The number of hydrogen-bond donors (Lipinski definition) is 0.